The molecular weight excluding hydrogens is 328 g/mol. The monoisotopic (exact) mass is 348 g/mol. The van der Waals surface area contributed by atoms with E-state index in [0.717, 1.165) is 27.6 Å². The zero-order chi connectivity index (χ0) is 18.1. The molecule has 0 fully saturated rings. The molecule has 0 aromatic heterocycles. The quantitative estimate of drug-likeness (QED) is 0.748. The molecule has 1 atom stereocenters. The molecule has 5 nitrogen and oxygen atoms in total. The number of methoxy groups -OCH3 is 2. The van der Waals surface area contributed by atoms with Gasteiger partial charge in [-0.25, -0.2) is 0 Å². The SMILES string of the molecule is COc1ccc([C@H]2CC(c3ccc4ccccc4c3O)=NN2)cc1OC. The largest absolute Gasteiger partial charge is 0.507 e. The third kappa shape index (κ3) is 2.71. The first-order chi connectivity index (χ1) is 12.7. The number of benzene rings is 3. The molecule has 0 bridgehead atoms. The summed E-state index contributed by atoms with van der Waals surface area (Å²) in [6.45, 7) is 0. The van der Waals surface area contributed by atoms with E-state index in [1.54, 1.807) is 14.2 Å². The van der Waals surface area contributed by atoms with Crippen LogP contribution in [0.4, 0.5) is 0 Å². The Kier molecular flexibility index (Phi) is 4.13. The van der Waals surface area contributed by atoms with Gasteiger partial charge in [-0.1, -0.05) is 36.4 Å². The lowest BCUT2D eigenvalue weighted by molar-refractivity contribution is 0.354. The van der Waals surface area contributed by atoms with Gasteiger partial charge in [0.1, 0.15) is 5.75 Å². The number of nitrogens with one attached hydrogen (secondary N) is 1. The molecule has 3 aromatic rings. The molecule has 26 heavy (non-hydrogen) atoms. The summed E-state index contributed by atoms with van der Waals surface area (Å²) in [7, 11) is 3.24. The van der Waals surface area contributed by atoms with Crippen molar-refractivity contribution in [1.82, 2.24) is 5.43 Å². The molecule has 1 aliphatic heterocycles. The van der Waals surface area contributed by atoms with Gasteiger partial charge >= 0.3 is 0 Å². The van der Waals surface area contributed by atoms with Crippen LogP contribution in [-0.4, -0.2) is 25.0 Å². The first kappa shape index (κ1) is 16.3. The van der Waals surface area contributed by atoms with Crippen molar-refractivity contribution in [3.63, 3.8) is 0 Å². The number of aromatic hydroxyl groups is 1. The Morgan fingerprint density at radius 1 is 1.00 bits per heavy atom. The van der Waals surface area contributed by atoms with Crippen LogP contribution in [0.25, 0.3) is 10.8 Å². The zero-order valence-corrected chi connectivity index (χ0v) is 14.7. The molecule has 2 N–H and O–H groups in total. The fourth-order valence-electron chi connectivity index (χ4n) is 3.36. The van der Waals surface area contributed by atoms with Gasteiger partial charge in [-0.05, 0) is 29.1 Å². The number of phenols is 1. The summed E-state index contributed by atoms with van der Waals surface area (Å²) in [5, 5.41) is 17.0. The van der Waals surface area contributed by atoms with Crippen molar-refractivity contribution in [2.75, 3.05) is 14.2 Å². The second-order valence-corrected chi connectivity index (χ2v) is 6.24. The standard InChI is InChI=1S/C21H20N2O3/c1-25-19-10-8-14(11-20(19)26-2)17-12-18(23-22-17)16-9-7-13-5-3-4-6-15(13)21(16)24/h3-11,17,22,24H,12H2,1-2H3/t17-/m1/s1. The lowest BCUT2D eigenvalue weighted by Crippen LogP contribution is -2.10. The first-order valence-electron chi connectivity index (χ1n) is 8.46. The highest BCUT2D eigenvalue weighted by molar-refractivity contribution is 6.08. The Hall–Kier alpha value is -3.21. The minimum atomic E-state index is 0.0238. The van der Waals surface area contributed by atoms with Gasteiger partial charge in [-0.3, -0.25) is 0 Å². The van der Waals surface area contributed by atoms with Crippen molar-refractivity contribution in [2.24, 2.45) is 5.10 Å². The van der Waals surface area contributed by atoms with Gasteiger partial charge in [0, 0.05) is 17.4 Å². The smallest absolute Gasteiger partial charge is 0.161 e. The maximum absolute atomic E-state index is 10.7. The number of hydrogen-bond donors (Lipinski definition) is 2. The Balaban J connectivity index is 1.62. The maximum atomic E-state index is 10.7. The van der Waals surface area contributed by atoms with Gasteiger partial charge in [-0.2, -0.15) is 5.10 Å². The van der Waals surface area contributed by atoms with E-state index < -0.39 is 0 Å². The van der Waals surface area contributed by atoms with Crippen molar-refractivity contribution < 1.29 is 14.6 Å². The molecule has 3 aromatic carbocycles. The topological polar surface area (TPSA) is 63.1 Å². The number of phenolic OH excluding ortho intramolecular Hbond substituents is 1. The predicted octanol–water partition coefficient (Wildman–Crippen LogP) is 4.00. The highest BCUT2D eigenvalue weighted by Crippen LogP contribution is 2.35. The normalized spacial score (nSPS) is 16.2. The van der Waals surface area contributed by atoms with Crippen molar-refractivity contribution in [3.8, 4) is 17.2 Å². The maximum Gasteiger partial charge on any atom is 0.161 e. The Morgan fingerprint density at radius 3 is 2.62 bits per heavy atom. The molecule has 0 spiro atoms. The zero-order valence-electron chi connectivity index (χ0n) is 14.7. The molecule has 0 unspecified atom stereocenters. The van der Waals surface area contributed by atoms with Crippen LogP contribution in [0.2, 0.25) is 0 Å². The van der Waals surface area contributed by atoms with E-state index in [4.69, 9.17) is 9.47 Å². The summed E-state index contributed by atoms with van der Waals surface area (Å²) < 4.78 is 10.7. The average Bonchev–Trinajstić information content (AvgIpc) is 3.18. The average molecular weight is 348 g/mol. The molecular formula is C21H20N2O3. The highest BCUT2D eigenvalue weighted by Gasteiger charge is 2.24. The van der Waals surface area contributed by atoms with E-state index in [0.29, 0.717) is 17.9 Å². The van der Waals surface area contributed by atoms with E-state index >= 15 is 0 Å². The minimum Gasteiger partial charge on any atom is -0.507 e. The van der Waals surface area contributed by atoms with Crippen molar-refractivity contribution in [1.29, 1.82) is 0 Å². The van der Waals surface area contributed by atoms with Gasteiger partial charge in [0.25, 0.3) is 0 Å². The molecule has 0 radical (unpaired) electrons. The number of hydrogen-bond acceptors (Lipinski definition) is 5. The van der Waals surface area contributed by atoms with Crippen LogP contribution in [0.15, 0.2) is 59.7 Å². The third-order valence-corrected chi connectivity index (χ3v) is 4.77. The molecule has 0 saturated carbocycles. The van der Waals surface area contributed by atoms with E-state index in [9.17, 15) is 5.11 Å². The van der Waals surface area contributed by atoms with Gasteiger partial charge < -0.3 is 20.0 Å². The lowest BCUT2D eigenvalue weighted by atomic mass is 9.96. The summed E-state index contributed by atoms with van der Waals surface area (Å²) in [6.07, 6.45) is 0.682. The van der Waals surface area contributed by atoms with Crippen LogP contribution >= 0.6 is 0 Å². The number of fused-ring (bicyclic) bond motifs is 1. The van der Waals surface area contributed by atoms with E-state index in [1.807, 2.05) is 54.6 Å². The predicted molar refractivity (Wildman–Crippen MR) is 102 cm³/mol. The van der Waals surface area contributed by atoms with E-state index in [2.05, 4.69) is 10.5 Å². The third-order valence-electron chi connectivity index (χ3n) is 4.77. The number of hydrazone groups is 1. The van der Waals surface area contributed by atoms with Crippen LogP contribution in [0.1, 0.15) is 23.6 Å². The Morgan fingerprint density at radius 2 is 1.81 bits per heavy atom. The first-order valence-corrected chi connectivity index (χ1v) is 8.46. The summed E-state index contributed by atoms with van der Waals surface area (Å²) in [4.78, 5) is 0. The second kappa shape index (κ2) is 6.59. The van der Waals surface area contributed by atoms with E-state index in [1.165, 1.54) is 0 Å². The fourth-order valence-corrected chi connectivity index (χ4v) is 3.36. The van der Waals surface area contributed by atoms with Gasteiger partial charge in [0.15, 0.2) is 11.5 Å². The number of rotatable bonds is 4. The summed E-state index contributed by atoms with van der Waals surface area (Å²) >= 11 is 0. The van der Waals surface area contributed by atoms with Gasteiger partial charge in [0.2, 0.25) is 0 Å². The summed E-state index contributed by atoms with van der Waals surface area (Å²) in [6, 6.07) is 17.6. The van der Waals surface area contributed by atoms with Crippen molar-refractivity contribution in [2.45, 2.75) is 12.5 Å². The fraction of sp³-hybridized carbons (Fsp3) is 0.190. The Bertz CT molecular complexity index is 998. The molecule has 5 heteroatoms. The molecule has 0 aliphatic carbocycles. The minimum absolute atomic E-state index is 0.0238. The van der Waals surface area contributed by atoms with Crippen molar-refractivity contribution in [3.05, 3.63) is 65.7 Å². The van der Waals surface area contributed by atoms with Gasteiger partial charge in [0.05, 0.1) is 26.0 Å². The van der Waals surface area contributed by atoms with Crippen LogP contribution in [0.3, 0.4) is 0 Å². The molecule has 1 heterocycles. The molecule has 1 aliphatic rings. The second-order valence-electron chi connectivity index (χ2n) is 6.24. The number of ether oxygens (including phenoxy) is 2. The van der Waals surface area contributed by atoms with Crippen LogP contribution in [0, 0.1) is 0 Å². The van der Waals surface area contributed by atoms with Crippen LogP contribution < -0.4 is 14.9 Å². The Labute approximate surface area is 151 Å². The molecule has 0 amide bonds. The molecule has 0 saturated heterocycles. The van der Waals surface area contributed by atoms with Crippen LogP contribution in [0.5, 0.6) is 17.2 Å². The summed E-state index contributed by atoms with van der Waals surface area (Å²) in [5.41, 5.74) is 5.83. The molecule has 4 rings (SSSR count). The van der Waals surface area contributed by atoms with Gasteiger partial charge in [-0.15, -0.1) is 0 Å². The lowest BCUT2D eigenvalue weighted by Gasteiger charge is -2.14. The van der Waals surface area contributed by atoms with Crippen LogP contribution in [-0.2, 0) is 0 Å². The highest BCUT2D eigenvalue weighted by atomic mass is 16.5. The number of nitrogens with zero attached hydrogens (tertiary/aromatic N) is 1. The summed E-state index contributed by atoms with van der Waals surface area (Å²) in [5.74, 6) is 1.66. The van der Waals surface area contributed by atoms with Crippen molar-refractivity contribution >= 4 is 16.5 Å². The molecule has 132 valence electrons. The van der Waals surface area contributed by atoms with E-state index in [-0.39, 0.29) is 11.8 Å².